The fraction of sp³-hybridized carbons (Fsp3) is 0.0455. The summed E-state index contributed by atoms with van der Waals surface area (Å²) in [6, 6.07) is 25.3. The van der Waals surface area contributed by atoms with E-state index in [-0.39, 0.29) is 0 Å². The second-order valence-electron chi connectivity index (χ2n) is 5.75. The van der Waals surface area contributed by atoms with E-state index in [4.69, 9.17) is 4.98 Å². The minimum atomic E-state index is 0.888. The topological polar surface area (TPSA) is 12.9 Å². The molecule has 0 atom stereocenters. The molecule has 1 heterocycles. The average molecular weight is 295 g/mol. The largest absolute Gasteiger partial charge is 0.248 e. The number of hydrogen-bond acceptors (Lipinski definition) is 1. The number of nitrogens with zero attached hydrogens (tertiary/aromatic N) is 1. The Hall–Kier alpha value is -2.93. The van der Waals surface area contributed by atoms with Crippen LogP contribution in [-0.4, -0.2) is 4.98 Å². The summed E-state index contributed by atoms with van der Waals surface area (Å²) >= 11 is 0. The van der Waals surface area contributed by atoms with Gasteiger partial charge in [-0.1, -0.05) is 67.3 Å². The van der Waals surface area contributed by atoms with E-state index in [2.05, 4.69) is 73.3 Å². The van der Waals surface area contributed by atoms with Crippen LogP contribution in [0.2, 0.25) is 0 Å². The van der Waals surface area contributed by atoms with Gasteiger partial charge in [0.15, 0.2) is 0 Å². The molecule has 0 spiro atoms. The van der Waals surface area contributed by atoms with E-state index in [1.165, 1.54) is 27.5 Å². The highest BCUT2D eigenvalue weighted by atomic mass is 14.7. The lowest BCUT2D eigenvalue weighted by atomic mass is 9.94. The number of pyridine rings is 1. The van der Waals surface area contributed by atoms with Crippen molar-refractivity contribution in [2.24, 2.45) is 0 Å². The molecule has 0 aliphatic rings. The van der Waals surface area contributed by atoms with Crippen molar-refractivity contribution in [1.82, 2.24) is 4.98 Å². The van der Waals surface area contributed by atoms with Gasteiger partial charge in [-0.25, -0.2) is 4.98 Å². The van der Waals surface area contributed by atoms with Gasteiger partial charge in [0, 0.05) is 10.8 Å². The van der Waals surface area contributed by atoms with Crippen LogP contribution in [0.5, 0.6) is 0 Å². The van der Waals surface area contributed by atoms with Gasteiger partial charge in [-0.3, -0.25) is 0 Å². The molecule has 0 N–H and O–H groups in total. The predicted molar refractivity (Wildman–Crippen MR) is 98.6 cm³/mol. The molecule has 0 amide bonds. The maximum atomic E-state index is 4.82. The maximum absolute atomic E-state index is 4.82. The van der Waals surface area contributed by atoms with Crippen molar-refractivity contribution < 1.29 is 0 Å². The molecule has 0 saturated heterocycles. The average Bonchev–Trinajstić information content (AvgIpc) is 2.61. The molecule has 0 radical (unpaired) electrons. The van der Waals surface area contributed by atoms with E-state index >= 15 is 0 Å². The second kappa shape index (κ2) is 5.69. The summed E-state index contributed by atoms with van der Waals surface area (Å²) in [7, 11) is 0. The van der Waals surface area contributed by atoms with E-state index in [0.717, 1.165) is 17.5 Å². The molecular weight excluding hydrogens is 278 g/mol. The molecule has 0 bridgehead atoms. The highest BCUT2D eigenvalue weighted by molar-refractivity contribution is 5.96. The lowest BCUT2D eigenvalue weighted by Gasteiger charge is -2.12. The fourth-order valence-corrected chi connectivity index (χ4v) is 3.11. The van der Waals surface area contributed by atoms with Crippen LogP contribution in [0.3, 0.4) is 0 Å². The Labute approximate surface area is 135 Å². The first-order valence-corrected chi connectivity index (χ1v) is 7.83. The first kappa shape index (κ1) is 13.7. The molecular formula is C22H17N. The third kappa shape index (κ3) is 2.51. The van der Waals surface area contributed by atoms with Gasteiger partial charge in [0.25, 0.3) is 0 Å². The Morgan fingerprint density at radius 1 is 0.826 bits per heavy atom. The van der Waals surface area contributed by atoms with E-state index in [1.54, 1.807) is 0 Å². The number of hydrogen-bond donors (Lipinski definition) is 0. The zero-order valence-corrected chi connectivity index (χ0v) is 12.9. The fourth-order valence-electron chi connectivity index (χ4n) is 3.11. The Kier molecular flexibility index (Phi) is 3.39. The predicted octanol–water partition coefficient (Wildman–Crippen LogP) is 5.62. The van der Waals surface area contributed by atoms with Crippen molar-refractivity contribution in [2.45, 2.75) is 6.42 Å². The Morgan fingerprint density at radius 2 is 1.61 bits per heavy atom. The molecule has 3 aromatic carbocycles. The third-order valence-corrected chi connectivity index (χ3v) is 4.29. The van der Waals surface area contributed by atoms with Crippen LogP contribution >= 0.6 is 0 Å². The normalized spacial score (nSPS) is 11.0. The van der Waals surface area contributed by atoms with Crippen molar-refractivity contribution in [3.05, 3.63) is 96.1 Å². The van der Waals surface area contributed by atoms with Crippen molar-refractivity contribution in [1.29, 1.82) is 0 Å². The number of para-hydroxylation sites is 1. The van der Waals surface area contributed by atoms with E-state index in [9.17, 15) is 0 Å². The van der Waals surface area contributed by atoms with Gasteiger partial charge in [-0.2, -0.15) is 0 Å². The van der Waals surface area contributed by atoms with Gasteiger partial charge in [0.1, 0.15) is 0 Å². The molecule has 0 aliphatic carbocycles. The van der Waals surface area contributed by atoms with Crippen LogP contribution in [0.15, 0.2) is 79.4 Å². The van der Waals surface area contributed by atoms with Gasteiger partial charge in [0.05, 0.1) is 11.0 Å². The molecule has 0 aliphatic heterocycles. The van der Waals surface area contributed by atoms with Crippen LogP contribution in [-0.2, 0) is 6.42 Å². The first-order valence-electron chi connectivity index (χ1n) is 7.83. The molecule has 110 valence electrons. The summed E-state index contributed by atoms with van der Waals surface area (Å²) in [4.78, 5) is 4.82. The highest BCUT2D eigenvalue weighted by Crippen LogP contribution is 2.28. The van der Waals surface area contributed by atoms with Crippen LogP contribution in [0, 0.1) is 0 Å². The number of benzene rings is 3. The number of fused-ring (bicyclic) bond motifs is 2. The van der Waals surface area contributed by atoms with Crippen molar-refractivity contribution in [2.75, 3.05) is 0 Å². The summed E-state index contributed by atoms with van der Waals surface area (Å²) in [5.74, 6) is 0. The lowest BCUT2D eigenvalue weighted by Crippen LogP contribution is -1.95. The van der Waals surface area contributed by atoms with Gasteiger partial charge in [-0.15, -0.1) is 0 Å². The van der Waals surface area contributed by atoms with Crippen LogP contribution < -0.4 is 0 Å². The van der Waals surface area contributed by atoms with Crippen LogP contribution in [0.4, 0.5) is 0 Å². The molecule has 0 saturated carbocycles. The zero-order chi connectivity index (χ0) is 15.6. The molecule has 4 rings (SSSR count). The molecule has 23 heavy (non-hydrogen) atoms. The standard InChI is InChI=1S/C22H17N/c1-2-17-12-13-22-20(15-18-10-6-7-11-21(18)23-22)19(17)14-16-8-4-3-5-9-16/h2-13,15H,1,14H2. The van der Waals surface area contributed by atoms with E-state index < -0.39 is 0 Å². The van der Waals surface area contributed by atoms with Gasteiger partial charge < -0.3 is 0 Å². The Morgan fingerprint density at radius 3 is 2.43 bits per heavy atom. The number of rotatable bonds is 3. The Balaban J connectivity index is 1.98. The smallest absolute Gasteiger partial charge is 0.0713 e. The minimum absolute atomic E-state index is 0.888. The highest BCUT2D eigenvalue weighted by Gasteiger charge is 2.09. The third-order valence-electron chi connectivity index (χ3n) is 4.29. The maximum Gasteiger partial charge on any atom is 0.0713 e. The molecule has 0 unspecified atom stereocenters. The van der Waals surface area contributed by atoms with Crippen LogP contribution in [0.1, 0.15) is 16.7 Å². The first-order chi connectivity index (χ1) is 11.3. The molecule has 1 heteroatoms. The number of aromatic nitrogens is 1. The van der Waals surface area contributed by atoms with Crippen molar-refractivity contribution in [3.63, 3.8) is 0 Å². The second-order valence-corrected chi connectivity index (χ2v) is 5.75. The summed E-state index contributed by atoms with van der Waals surface area (Å²) in [5, 5.41) is 2.39. The summed E-state index contributed by atoms with van der Waals surface area (Å²) < 4.78 is 0. The van der Waals surface area contributed by atoms with Gasteiger partial charge in [-0.05, 0) is 41.3 Å². The van der Waals surface area contributed by atoms with Crippen molar-refractivity contribution >= 4 is 27.9 Å². The molecule has 4 aromatic rings. The summed E-state index contributed by atoms with van der Waals surface area (Å²) in [6.45, 7) is 3.98. The van der Waals surface area contributed by atoms with E-state index in [1.807, 2.05) is 12.1 Å². The van der Waals surface area contributed by atoms with Crippen LogP contribution in [0.25, 0.3) is 27.9 Å². The zero-order valence-electron chi connectivity index (χ0n) is 12.9. The quantitative estimate of drug-likeness (QED) is 0.447. The Bertz CT molecular complexity index is 1000. The lowest BCUT2D eigenvalue weighted by molar-refractivity contribution is 1.20. The monoisotopic (exact) mass is 295 g/mol. The molecule has 1 aromatic heterocycles. The SMILES string of the molecule is C=Cc1ccc2nc3ccccc3cc2c1Cc1ccccc1. The summed E-state index contributed by atoms with van der Waals surface area (Å²) in [6.07, 6.45) is 2.83. The molecule has 0 fully saturated rings. The minimum Gasteiger partial charge on any atom is -0.248 e. The van der Waals surface area contributed by atoms with Crippen molar-refractivity contribution in [3.8, 4) is 0 Å². The van der Waals surface area contributed by atoms with Gasteiger partial charge >= 0.3 is 0 Å². The molecule has 1 nitrogen and oxygen atoms in total. The summed E-state index contributed by atoms with van der Waals surface area (Å²) in [5.41, 5.74) is 5.86. The van der Waals surface area contributed by atoms with Gasteiger partial charge in [0.2, 0.25) is 0 Å². The van der Waals surface area contributed by atoms with E-state index in [0.29, 0.717) is 0 Å².